The van der Waals surface area contributed by atoms with E-state index in [0.29, 0.717) is 34.4 Å². The number of methoxy groups -OCH3 is 1. The van der Waals surface area contributed by atoms with Crippen molar-refractivity contribution in [2.24, 2.45) is 0 Å². The highest BCUT2D eigenvalue weighted by Crippen LogP contribution is 2.24. The van der Waals surface area contributed by atoms with Gasteiger partial charge in [0.25, 0.3) is 0 Å². The number of rotatable bonds is 5. The molecule has 0 aliphatic heterocycles. The predicted octanol–water partition coefficient (Wildman–Crippen LogP) is 4.99. The highest BCUT2D eigenvalue weighted by Gasteiger charge is 2.15. The Kier molecular flexibility index (Phi) is 5.84. The van der Waals surface area contributed by atoms with E-state index in [9.17, 15) is 9.18 Å². The summed E-state index contributed by atoms with van der Waals surface area (Å²) in [5, 5.41) is 10.4. The number of nitrogens with zero attached hydrogens (tertiary/aromatic N) is 2. The van der Waals surface area contributed by atoms with Crippen molar-refractivity contribution in [3.05, 3.63) is 70.3 Å². The lowest BCUT2D eigenvalue weighted by Crippen LogP contribution is -2.20. The highest BCUT2D eigenvalue weighted by molar-refractivity contribution is 6.31. The molecule has 1 heterocycles. The summed E-state index contributed by atoms with van der Waals surface area (Å²) < 4.78 is 20.0. The molecular weight excluding hydrogens is 383 g/mol. The first kappa shape index (κ1) is 19.7. The summed E-state index contributed by atoms with van der Waals surface area (Å²) in [7, 11) is 1.58. The number of amides is 2. The third-order valence-electron chi connectivity index (χ3n) is 4.30. The van der Waals surface area contributed by atoms with Crippen LogP contribution in [0.3, 0.4) is 0 Å². The number of aryl methyl sites for hydroxylation is 1. The second-order valence-electron chi connectivity index (χ2n) is 6.25. The SMILES string of the molecule is COc1ccc(NC(=O)Nc2c(C)nn(Cc3ccc(F)cc3Cl)c2C)cc1. The van der Waals surface area contributed by atoms with E-state index in [4.69, 9.17) is 16.3 Å². The smallest absolute Gasteiger partial charge is 0.323 e. The Morgan fingerprint density at radius 3 is 2.54 bits per heavy atom. The van der Waals surface area contributed by atoms with Gasteiger partial charge >= 0.3 is 6.03 Å². The lowest BCUT2D eigenvalue weighted by atomic mass is 10.2. The van der Waals surface area contributed by atoms with Crippen LogP contribution >= 0.6 is 11.6 Å². The fraction of sp³-hybridized carbons (Fsp3) is 0.200. The van der Waals surface area contributed by atoms with E-state index >= 15 is 0 Å². The molecule has 28 heavy (non-hydrogen) atoms. The van der Waals surface area contributed by atoms with Gasteiger partial charge in [-0.25, -0.2) is 9.18 Å². The largest absolute Gasteiger partial charge is 0.497 e. The summed E-state index contributed by atoms with van der Waals surface area (Å²) in [6, 6.07) is 10.9. The Labute approximate surface area is 167 Å². The topological polar surface area (TPSA) is 68.2 Å². The normalized spacial score (nSPS) is 10.6. The van der Waals surface area contributed by atoms with Crippen molar-refractivity contribution in [2.45, 2.75) is 20.4 Å². The maximum Gasteiger partial charge on any atom is 0.323 e. The summed E-state index contributed by atoms with van der Waals surface area (Å²) in [5.41, 5.74) is 3.43. The van der Waals surface area contributed by atoms with Gasteiger partial charge in [-0.1, -0.05) is 17.7 Å². The molecule has 2 amide bonds. The molecule has 0 spiro atoms. The summed E-state index contributed by atoms with van der Waals surface area (Å²) in [6.07, 6.45) is 0. The van der Waals surface area contributed by atoms with Crippen molar-refractivity contribution in [3.63, 3.8) is 0 Å². The Hall–Kier alpha value is -3.06. The summed E-state index contributed by atoms with van der Waals surface area (Å²) >= 11 is 6.10. The molecule has 0 bridgehead atoms. The number of carbonyl (C=O) groups is 1. The first-order valence-electron chi connectivity index (χ1n) is 8.57. The average molecular weight is 403 g/mol. The van der Waals surface area contributed by atoms with Crippen LogP contribution in [-0.4, -0.2) is 22.9 Å². The number of halogens is 2. The van der Waals surface area contributed by atoms with Crippen LogP contribution in [0.25, 0.3) is 0 Å². The van der Waals surface area contributed by atoms with Gasteiger partial charge < -0.3 is 15.4 Å². The van der Waals surface area contributed by atoms with Crippen LogP contribution in [0.5, 0.6) is 5.75 Å². The minimum atomic E-state index is -0.389. The maximum absolute atomic E-state index is 13.2. The molecule has 0 saturated heterocycles. The molecule has 0 atom stereocenters. The van der Waals surface area contributed by atoms with Crippen LogP contribution in [0.1, 0.15) is 17.0 Å². The van der Waals surface area contributed by atoms with Crippen LogP contribution in [-0.2, 0) is 6.54 Å². The van der Waals surface area contributed by atoms with E-state index in [0.717, 1.165) is 11.3 Å². The highest BCUT2D eigenvalue weighted by atomic mass is 35.5. The van der Waals surface area contributed by atoms with Gasteiger partial charge in [0.15, 0.2) is 0 Å². The Morgan fingerprint density at radius 2 is 1.89 bits per heavy atom. The standard InChI is InChI=1S/C20H20ClFN4O2/c1-12-19(24-20(27)23-16-6-8-17(28-3)9-7-16)13(2)26(25-12)11-14-4-5-15(22)10-18(14)21/h4-10H,11H2,1-3H3,(H2,23,24,27). The molecule has 0 aliphatic carbocycles. The molecule has 0 unspecified atom stereocenters. The van der Waals surface area contributed by atoms with Gasteiger partial charge in [0.1, 0.15) is 11.6 Å². The van der Waals surface area contributed by atoms with Crippen molar-refractivity contribution < 1.29 is 13.9 Å². The summed E-state index contributed by atoms with van der Waals surface area (Å²) in [6.45, 7) is 4.02. The van der Waals surface area contributed by atoms with Gasteiger partial charge in [-0.15, -0.1) is 0 Å². The van der Waals surface area contributed by atoms with E-state index < -0.39 is 0 Å². The van der Waals surface area contributed by atoms with Crippen molar-refractivity contribution in [1.82, 2.24) is 9.78 Å². The zero-order valence-corrected chi connectivity index (χ0v) is 16.5. The molecule has 146 valence electrons. The summed E-state index contributed by atoms with van der Waals surface area (Å²) in [4.78, 5) is 12.3. The zero-order chi connectivity index (χ0) is 20.3. The quantitative estimate of drug-likeness (QED) is 0.631. The first-order chi connectivity index (χ1) is 13.4. The number of nitrogens with one attached hydrogen (secondary N) is 2. The van der Waals surface area contributed by atoms with Crippen molar-refractivity contribution in [1.29, 1.82) is 0 Å². The van der Waals surface area contributed by atoms with Crippen LogP contribution in [0, 0.1) is 19.7 Å². The average Bonchev–Trinajstić information content (AvgIpc) is 2.92. The number of urea groups is 1. The molecule has 0 aliphatic rings. The number of aromatic nitrogens is 2. The third kappa shape index (κ3) is 4.43. The Balaban J connectivity index is 1.72. The van der Waals surface area contributed by atoms with Crippen LogP contribution in [0.4, 0.5) is 20.6 Å². The van der Waals surface area contributed by atoms with E-state index in [1.807, 2.05) is 6.92 Å². The number of hydrogen-bond donors (Lipinski definition) is 2. The second-order valence-corrected chi connectivity index (χ2v) is 6.65. The fourth-order valence-electron chi connectivity index (χ4n) is 2.79. The lowest BCUT2D eigenvalue weighted by molar-refractivity contribution is 0.262. The number of carbonyl (C=O) groups excluding carboxylic acids is 1. The minimum absolute atomic E-state index is 0.333. The molecule has 0 saturated carbocycles. The van der Waals surface area contributed by atoms with Crippen molar-refractivity contribution >= 4 is 29.0 Å². The predicted molar refractivity (Wildman–Crippen MR) is 108 cm³/mol. The molecule has 8 heteroatoms. The fourth-order valence-corrected chi connectivity index (χ4v) is 3.02. The van der Waals surface area contributed by atoms with Crippen LogP contribution < -0.4 is 15.4 Å². The molecular formula is C20H20ClFN4O2. The molecule has 0 radical (unpaired) electrons. The molecule has 0 fully saturated rings. The molecule has 3 rings (SSSR count). The van der Waals surface area contributed by atoms with E-state index in [1.54, 1.807) is 49.0 Å². The van der Waals surface area contributed by atoms with Crippen LogP contribution in [0.15, 0.2) is 42.5 Å². The number of anilines is 2. The van der Waals surface area contributed by atoms with Gasteiger partial charge in [-0.2, -0.15) is 5.10 Å². The number of benzene rings is 2. The minimum Gasteiger partial charge on any atom is -0.497 e. The monoisotopic (exact) mass is 402 g/mol. The lowest BCUT2D eigenvalue weighted by Gasteiger charge is -2.10. The molecule has 6 nitrogen and oxygen atoms in total. The maximum atomic E-state index is 13.2. The van der Waals surface area contributed by atoms with Crippen molar-refractivity contribution in [2.75, 3.05) is 17.7 Å². The molecule has 2 aromatic carbocycles. The van der Waals surface area contributed by atoms with Gasteiger partial charge in [0.05, 0.1) is 30.7 Å². The summed E-state index contributed by atoms with van der Waals surface area (Å²) in [5.74, 6) is 0.318. The van der Waals surface area contributed by atoms with Gasteiger partial charge in [-0.3, -0.25) is 4.68 Å². The van der Waals surface area contributed by atoms with E-state index in [1.165, 1.54) is 12.1 Å². The first-order valence-corrected chi connectivity index (χ1v) is 8.95. The molecule has 1 aromatic heterocycles. The van der Waals surface area contributed by atoms with Gasteiger partial charge in [0, 0.05) is 10.7 Å². The number of ether oxygens (including phenoxy) is 1. The van der Waals surface area contributed by atoms with Gasteiger partial charge in [-0.05, 0) is 55.8 Å². The van der Waals surface area contributed by atoms with Crippen molar-refractivity contribution in [3.8, 4) is 5.75 Å². The Morgan fingerprint density at radius 1 is 1.18 bits per heavy atom. The molecule has 2 N–H and O–H groups in total. The third-order valence-corrected chi connectivity index (χ3v) is 4.65. The zero-order valence-electron chi connectivity index (χ0n) is 15.7. The second kappa shape index (κ2) is 8.31. The number of hydrogen-bond acceptors (Lipinski definition) is 3. The van der Waals surface area contributed by atoms with E-state index in [2.05, 4.69) is 15.7 Å². The molecule has 3 aromatic rings. The van der Waals surface area contributed by atoms with Crippen LogP contribution in [0.2, 0.25) is 5.02 Å². The Bertz CT molecular complexity index is 1000. The van der Waals surface area contributed by atoms with E-state index in [-0.39, 0.29) is 11.8 Å². The van der Waals surface area contributed by atoms with Gasteiger partial charge in [0.2, 0.25) is 0 Å².